The molecule has 1 N–H and O–H groups in total. The number of hydrogen-bond donors (Lipinski definition) is 1. The number of carbonyl (C=O) groups is 2. The number of halogens is 4. The van der Waals surface area contributed by atoms with Crippen LogP contribution in [0.4, 0.5) is 0 Å². The van der Waals surface area contributed by atoms with E-state index < -0.39 is 17.9 Å². The van der Waals surface area contributed by atoms with Gasteiger partial charge in [0.2, 0.25) is 0 Å². The molecule has 21 heavy (non-hydrogen) atoms. The van der Waals surface area contributed by atoms with E-state index in [9.17, 15) is 9.59 Å². The van der Waals surface area contributed by atoms with Crippen LogP contribution < -0.4 is 5.32 Å². The third kappa shape index (κ3) is 4.13. The molecule has 0 aliphatic carbocycles. The largest absolute Gasteiger partial charge is 0.467 e. The Hall–Kier alpha value is -0.750. The zero-order valence-electron chi connectivity index (χ0n) is 11.3. The van der Waals surface area contributed by atoms with Crippen LogP contribution in [0, 0.1) is 5.92 Å². The Morgan fingerprint density at radius 3 is 2.14 bits per heavy atom. The molecule has 9 heteroatoms. The Morgan fingerprint density at radius 1 is 1.10 bits per heavy atom. The van der Waals surface area contributed by atoms with E-state index in [1.165, 1.54) is 7.11 Å². The summed E-state index contributed by atoms with van der Waals surface area (Å²) in [7, 11) is 1.23. The maximum Gasteiger partial charge on any atom is 0.328 e. The van der Waals surface area contributed by atoms with E-state index in [1.54, 1.807) is 13.8 Å². The van der Waals surface area contributed by atoms with Gasteiger partial charge in [-0.25, -0.2) is 9.78 Å². The first-order valence-electron chi connectivity index (χ1n) is 5.79. The lowest BCUT2D eigenvalue weighted by atomic mass is 10.0. The normalized spacial score (nSPS) is 12.2. The molecule has 1 heterocycles. The highest BCUT2D eigenvalue weighted by Crippen LogP contribution is 2.36. The lowest BCUT2D eigenvalue weighted by Gasteiger charge is -2.20. The number of nitrogens with one attached hydrogen (secondary N) is 1. The van der Waals surface area contributed by atoms with Crippen LogP contribution in [0.3, 0.4) is 0 Å². The van der Waals surface area contributed by atoms with Crippen LogP contribution >= 0.6 is 46.4 Å². The van der Waals surface area contributed by atoms with E-state index in [0.29, 0.717) is 0 Å². The third-order valence-corrected chi connectivity index (χ3v) is 4.29. The summed E-state index contributed by atoms with van der Waals surface area (Å²) < 4.78 is 4.63. The highest BCUT2D eigenvalue weighted by atomic mass is 35.5. The molecule has 0 radical (unpaired) electrons. The molecule has 0 aliphatic rings. The molecule has 1 rings (SSSR count). The second-order valence-electron chi connectivity index (χ2n) is 4.41. The molecule has 0 aliphatic heterocycles. The fraction of sp³-hybridized carbons (Fsp3) is 0.417. The van der Waals surface area contributed by atoms with Crippen LogP contribution in [-0.2, 0) is 9.53 Å². The molecular weight excluding hydrogens is 362 g/mol. The van der Waals surface area contributed by atoms with Crippen molar-refractivity contribution in [3.63, 3.8) is 0 Å². The number of ether oxygens (including phenoxy) is 1. The minimum Gasteiger partial charge on any atom is -0.467 e. The monoisotopic (exact) mass is 372 g/mol. The van der Waals surface area contributed by atoms with Gasteiger partial charge < -0.3 is 10.1 Å². The van der Waals surface area contributed by atoms with Crippen LogP contribution in [0.5, 0.6) is 0 Å². The number of amides is 1. The molecule has 1 aromatic heterocycles. The zero-order chi connectivity index (χ0) is 16.3. The molecule has 0 fully saturated rings. The summed E-state index contributed by atoms with van der Waals surface area (Å²) in [6, 6.07) is -0.853. The molecule has 1 atom stereocenters. The van der Waals surface area contributed by atoms with Crippen molar-refractivity contribution < 1.29 is 14.3 Å². The third-order valence-electron chi connectivity index (χ3n) is 2.61. The second-order valence-corrected chi connectivity index (χ2v) is 5.90. The zero-order valence-corrected chi connectivity index (χ0v) is 14.4. The molecule has 0 aromatic carbocycles. The van der Waals surface area contributed by atoms with E-state index in [2.05, 4.69) is 15.0 Å². The molecule has 116 valence electrons. The van der Waals surface area contributed by atoms with Gasteiger partial charge in [-0.05, 0) is 5.92 Å². The van der Waals surface area contributed by atoms with Crippen molar-refractivity contribution in [1.82, 2.24) is 10.3 Å². The highest BCUT2D eigenvalue weighted by molar-refractivity contribution is 6.52. The van der Waals surface area contributed by atoms with Gasteiger partial charge in [-0.3, -0.25) is 4.79 Å². The van der Waals surface area contributed by atoms with Gasteiger partial charge in [-0.1, -0.05) is 60.3 Å². The number of nitrogens with zero attached hydrogens (tertiary/aromatic N) is 1. The summed E-state index contributed by atoms with van der Waals surface area (Å²) in [5.74, 6) is -1.48. The van der Waals surface area contributed by atoms with Gasteiger partial charge in [0.05, 0.1) is 22.2 Å². The molecule has 5 nitrogen and oxygen atoms in total. The first-order valence-corrected chi connectivity index (χ1v) is 7.30. The predicted molar refractivity (Wildman–Crippen MR) is 82.4 cm³/mol. The van der Waals surface area contributed by atoms with Crippen molar-refractivity contribution >= 4 is 58.3 Å². The van der Waals surface area contributed by atoms with E-state index in [-0.39, 0.29) is 31.8 Å². The summed E-state index contributed by atoms with van der Waals surface area (Å²) in [4.78, 5) is 27.6. The fourth-order valence-electron chi connectivity index (χ4n) is 1.47. The number of hydrogen-bond acceptors (Lipinski definition) is 4. The molecule has 1 aromatic rings. The van der Waals surface area contributed by atoms with Crippen molar-refractivity contribution in [1.29, 1.82) is 0 Å². The average Bonchev–Trinajstić information content (AvgIpc) is 2.44. The lowest BCUT2D eigenvalue weighted by molar-refractivity contribution is -0.144. The summed E-state index contributed by atoms with van der Waals surface area (Å²) >= 11 is 23.3. The van der Waals surface area contributed by atoms with E-state index in [4.69, 9.17) is 46.4 Å². The molecule has 0 saturated heterocycles. The van der Waals surface area contributed by atoms with Crippen LogP contribution in [0.2, 0.25) is 20.2 Å². The van der Waals surface area contributed by atoms with Gasteiger partial charge in [0.15, 0.2) is 0 Å². The number of esters is 1. The standard InChI is InChI=1S/C12H12Cl4N2O3/c1-4(2)8(12(20)21-3)18-11(19)9-6(14)5(13)7(15)10(16)17-9/h4,8H,1-3H3,(H,18,19)/t8-/m0/s1. The van der Waals surface area contributed by atoms with Crippen molar-refractivity contribution in [2.45, 2.75) is 19.9 Å². The highest BCUT2D eigenvalue weighted by Gasteiger charge is 2.28. The van der Waals surface area contributed by atoms with E-state index in [0.717, 1.165) is 0 Å². The fourth-order valence-corrected chi connectivity index (χ4v) is 2.29. The summed E-state index contributed by atoms with van der Waals surface area (Å²) in [5.41, 5.74) is -0.217. The molecule has 1 amide bonds. The van der Waals surface area contributed by atoms with Crippen molar-refractivity contribution in [3.8, 4) is 0 Å². The minimum absolute atomic E-state index is 0.0479. The van der Waals surface area contributed by atoms with E-state index >= 15 is 0 Å². The van der Waals surface area contributed by atoms with Crippen molar-refractivity contribution in [3.05, 3.63) is 25.9 Å². The lowest BCUT2D eigenvalue weighted by Crippen LogP contribution is -2.45. The Labute approximate surface area is 141 Å². The van der Waals surface area contributed by atoms with Gasteiger partial charge in [0, 0.05) is 0 Å². The van der Waals surface area contributed by atoms with Gasteiger partial charge in [0.25, 0.3) is 5.91 Å². The molecule has 0 bridgehead atoms. The topological polar surface area (TPSA) is 68.3 Å². The number of carbonyl (C=O) groups excluding carboxylic acids is 2. The summed E-state index contributed by atoms with van der Waals surface area (Å²) in [6.07, 6.45) is 0. The quantitative estimate of drug-likeness (QED) is 0.646. The van der Waals surface area contributed by atoms with Gasteiger partial charge >= 0.3 is 5.97 Å². The molecule has 0 saturated carbocycles. The molecule has 0 spiro atoms. The van der Waals surface area contributed by atoms with Gasteiger partial charge in [0.1, 0.15) is 16.9 Å². The summed E-state index contributed by atoms with van der Waals surface area (Å²) in [6.45, 7) is 3.50. The van der Waals surface area contributed by atoms with Gasteiger partial charge in [-0.15, -0.1) is 0 Å². The maximum atomic E-state index is 12.2. The summed E-state index contributed by atoms with van der Waals surface area (Å²) in [5, 5.41) is 2.05. The second kappa shape index (κ2) is 7.49. The number of rotatable bonds is 4. The number of methoxy groups -OCH3 is 1. The van der Waals surface area contributed by atoms with Crippen LogP contribution in [0.1, 0.15) is 24.3 Å². The van der Waals surface area contributed by atoms with Crippen LogP contribution in [-0.4, -0.2) is 30.0 Å². The smallest absolute Gasteiger partial charge is 0.328 e. The number of pyridine rings is 1. The van der Waals surface area contributed by atoms with Crippen LogP contribution in [0.15, 0.2) is 0 Å². The first kappa shape index (κ1) is 18.3. The SMILES string of the molecule is COC(=O)[C@@H](NC(=O)c1nc(Cl)c(Cl)c(Cl)c1Cl)C(C)C. The van der Waals surface area contributed by atoms with Crippen LogP contribution in [0.25, 0.3) is 0 Å². The minimum atomic E-state index is -0.853. The average molecular weight is 374 g/mol. The predicted octanol–water partition coefficient (Wildman–Crippen LogP) is 3.62. The Kier molecular flexibility index (Phi) is 6.53. The van der Waals surface area contributed by atoms with Gasteiger partial charge in [-0.2, -0.15) is 0 Å². The molecular formula is C12H12Cl4N2O3. The van der Waals surface area contributed by atoms with Crippen molar-refractivity contribution in [2.24, 2.45) is 5.92 Å². The first-order chi connectivity index (χ1) is 9.70. The molecule has 0 unspecified atom stereocenters. The van der Waals surface area contributed by atoms with E-state index in [1.807, 2.05) is 0 Å². The Bertz CT molecular complexity index is 578. The Morgan fingerprint density at radius 2 is 1.67 bits per heavy atom. The Balaban J connectivity index is 3.12. The number of aromatic nitrogens is 1. The van der Waals surface area contributed by atoms with Crippen molar-refractivity contribution in [2.75, 3.05) is 7.11 Å². The maximum absolute atomic E-state index is 12.2.